The van der Waals surface area contributed by atoms with Gasteiger partial charge in [-0.15, -0.1) is 11.8 Å². The molecule has 0 saturated carbocycles. The summed E-state index contributed by atoms with van der Waals surface area (Å²) >= 11 is 0.685. The molecule has 0 bridgehead atoms. The van der Waals surface area contributed by atoms with E-state index in [0.717, 1.165) is 0 Å². The van der Waals surface area contributed by atoms with Gasteiger partial charge in [0.1, 0.15) is 5.82 Å². The molecule has 0 saturated heterocycles. The zero-order valence-corrected chi connectivity index (χ0v) is 9.10. The van der Waals surface area contributed by atoms with Crippen molar-refractivity contribution in [2.45, 2.75) is 24.9 Å². The van der Waals surface area contributed by atoms with E-state index in [2.05, 4.69) is 0 Å². The summed E-state index contributed by atoms with van der Waals surface area (Å²) in [5.74, 6) is -1.33. The fourth-order valence-electron chi connectivity index (χ4n) is 1.07. The Hall–Kier alpha value is -0.710. The molecule has 1 aromatic rings. The molecule has 0 N–H and O–H groups in total. The highest BCUT2D eigenvalue weighted by Crippen LogP contribution is 2.30. The van der Waals surface area contributed by atoms with Crippen molar-refractivity contribution in [1.82, 2.24) is 0 Å². The van der Waals surface area contributed by atoms with Gasteiger partial charge in [-0.3, -0.25) is 0 Å². The highest BCUT2D eigenvalue weighted by molar-refractivity contribution is 7.99. The number of hydrogen-bond donors (Lipinski definition) is 0. The average molecular weight is 238 g/mol. The molecule has 5 heteroatoms. The van der Waals surface area contributed by atoms with Crippen LogP contribution in [0, 0.1) is 19.7 Å². The first kappa shape index (κ1) is 12.4. The lowest BCUT2D eigenvalue weighted by molar-refractivity contribution is -0.105. The van der Waals surface area contributed by atoms with Gasteiger partial charge in [0.05, 0.1) is 5.75 Å². The van der Waals surface area contributed by atoms with Crippen molar-refractivity contribution in [3.63, 3.8) is 0 Å². The summed E-state index contributed by atoms with van der Waals surface area (Å²) in [7, 11) is 0. The van der Waals surface area contributed by atoms with Gasteiger partial charge in [-0.25, -0.2) is 4.39 Å². The normalized spacial score (nSPS) is 11.9. The fraction of sp³-hybridized carbons (Fsp3) is 0.400. The van der Waals surface area contributed by atoms with Crippen LogP contribution in [0.3, 0.4) is 0 Å². The van der Waals surface area contributed by atoms with Crippen molar-refractivity contribution in [3.8, 4) is 0 Å². The van der Waals surface area contributed by atoms with Gasteiger partial charge in [-0.1, -0.05) is 0 Å². The first-order chi connectivity index (χ1) is 6.79. The molecule has 0 unspecified atom stereocenters. The second kappa shape index (κ2) is 4.43. The Morgan fingerprint density at radius 1 is 1.13 bits per heavy atom. The fourth-order valence-corrected chi connectivity index (χ4v) is 1.94. The van der Waals surface area contributed by atoms with E-state index in [0.29, 0.717) is 27.8 Å². The Balaban J connectivity index is 2.82. The second-order valence-corrected chi connectivity index (χ2v) is 4.29. The van der Waals surface area contributed by atoms with Crippen molar-refractivity contribution >= 4 is 11.8 Å². The van der Waals surface area contributed by atoms with Crippen LogP contribution in [0.1, 0.15) is 11.1 Å². The Kier molecular flexibility index (Phi) is 3.65. The summed E-state index contributed by atoms with van der Waals surface area (Å²) in [6.07, 6.45) is -4.20. The highest BCUT2D eigenvalue weighted by Gasteiger charge is 2.27. The highest BCUT2D eigenvalue weighted by atomic mass is 32.2. The summed E-state index contributed by atoms with van der Waals surface area (Å²) in [6, 6.07) is 2.70. The number of rotatable bonds is 2. The first-order valence-electron chi connectivity index (χ1n) is 4.26. The molecule has 84 valence electrons. The molecule has 15 heavy (non-hydrogen) atoms. The molecule has 0 aliphatic rings. The van der Waals surface area contributed by atoms with E-state index in [1.165, 1.54) is 19.1 Å². The number of halogens is 4. The van der Waals surface area contributed by atoms with Crippen molar-refractivity contribution < 1.29 is 17.6 Å². The minimum absolute atomic E-state index is 0.366. The van der Waals surface area contributed by atoms with E-state index in [-0.39, 0.29) is 5.82 Å². The Morgan fingerprint density at radius 2 is 1.73 bits per heavy atom. The molecule has 0 aliphatic carbocycles. The third-order valence-electron chi connectivity index (χ3n) is 1.85. The van der Waals surface area contributed by atoms with E-state index < -0.39 is 11.9 Å². The van der Waals surface area contributed by atoms with E-state index >= 15 is 0 Å². The molecular formula is C10H10F4S. The molecule has 1 rings (SSSR count). The molecule has 0 amide bonds. The molecule has 0 fully saturated rings. The van der Waals surface area contributed by atoms with Crippen LogP contribution in [0.5, 0.6) is 0 Å². The van der Waals surface area contributed by atoms with Crippen molar-refractivity contribution in [2.75, 3.05) is 5.75 Å². The maximum Gasteiger partial charge on any atom is 0.398 e. The van der Waals surface area contributed by atoms with Crippen molar-refractivity contribution in [1.29, 1.82) is 0 Å². The van der Waals surface area contributed by atoms with Crippen LogP contribution < -0.4 is 0 Å². The molecule has 0 aliphatic heterocycles. The smallest absolute Gasteiger partial charge is 0.207 e. The molecule has 0 radical (unpaired) electrons. The number of aryl methyl sites for hydroxylation is 2. The molecule has 0 heterocycles. The number of benzene rings is 1. The van der Waals surface area contributed by atoms with Crippen LogP contribution in [-0.4, -0.2) is 11.9 Å². The Labute approximate surface area is 89.7 Å². The minimum atomic E-state index is -4.20. The third-order valence-corrected chi connectivity index (χ3v) is 3.07. The topological polar surface area (TPSA) is 0 Å². The van der Waals surface area contributed by atoms with E-state index in [1.54, 1.807) is 6.92 Å². The second-order valence-electron chi connectivity index (χ2n) is 3.27. The predicted octanol–water partition coefficient (Wildman–Crippen LogP) is 4.10. The zero-order chi connectivity index (χ0) is 11.6. The van der Waals surface area contributed by atoms with Crippen LogP contribution >= 0.6 is 11.8 Å². The van der Waals surface area contributed by atoms with Gasteiger partial charge in [0.2, 0.25) is 0 Å². The number of thioether (sulfide) groups is 1. The SMILES string of the molecule is Cc1cc(SCC(F)(F)F)c(C)cc1F. The maximum atomic E-state index is 13.0. The summed E-state index contributed by atoms with van der Waals surface area (Å²) in [5, 5.41) is 0. The minimum Gasteiger partial charge on any atom is -0.207 e. The van der Waals surface area contributed by atoms with Gasteiger partial charge in [-0.05, 0) is 37.1 Å². The molecule has 0 aromatic heterocycles. The van der Waals surface area contributed by atoms with Gasteiger partial charge < -0.3 is 0 Å². The number of hydrogen-bond acceptors (Lipinski definition) is 1. The lowest BCUT2D eigenvalue weighted by Gasteiger charge is -2.09. The van der Waals surface area contributed by atoms with Crippen LogP contribution in [0.15, 0.2) is 17.0 Å². The maximum absolute atomic E-state index is 13.0. The lowest BCUT2D eigenvalue weighted by atomic mass is 10.1. The van der Waals surface area contributed by atoms with E-state index in [1.807, 2.05) is 0 Å². The van der Waals surface area contributed by atoms with Gasteiger partial charge in [0.25, 0.3) is 0 Å². The van der Waals surface area contributed by atoms with Gasteiger partial charge in [0.15, 0.2) is 0 Å². The lowest BCUT2D eigenvalue weighted by Crippen LogP contribution is -2.10. The van der Waals surface area contributed by atoms with Gasteiger partial charge >= 0.3 is 6.18 Å². The standard InChI is InChI=1S/C10H10F4S/c1-6-4-9(7(2)3-8(6)11)15-5-10(12,13)14/h3-4H,5H2,1-2H3. The monoisotopic (exact) mass is 238 g/mol. The van der Waals surface area contributed by atoms with Crippen LogP contribution in [0.4, 0.5) is 17.6 Å². The van der Waals surface area contributed by atoms with Crippen LogP contribution in [0.2, 0.25) is 0 Å². The molecule has 0 nitrogen and oxygen atoms in total. The molecule has 0 atom stereocenters. The predicted molar refractivity (Wildman–Crippen MR) is 52.7 cm³/mol. The summed E-state index contributed by atoms with van der Waals surface area (Å²) < 4.78 is 48.9. The molecule has 0 spiro atoms. The average Bonchev–Trinajstić information content (AvgIpc) is 2.07. The van der Waals surface area contributed by atoms with Crippen molar-refractivity contribution in [3.05, 3.63) is 29.1 Å². The number of alkyl halides is 3. The summed E-state index contributed by atoms with van der Waals surface area (Å²) in [4.78, 5) is 0.478. The van der Waals surface area contributed by atoms with Crippen LogP contribution in [-0.2, 0) is 0 Å². The van der Waals surface area contributed by atoms with E-state index in [4.69, 9.17) is 0 Å². The van der Waals surface area contributed by atoms with Crippen molar-refractivity contribution in [2.24, 2.45) is 0 Å². The third kappa shape index (κ3) is 3.74. The Morgan fingerprint density at radius 3 is 2.27 bits per heavy atom. The van der Waals surface area contributed by atoms with Gasteiger partial charge in [-0.2, -0.15) is 13.2 Å². The largest absolute Gasteiger partial charge is 0.398 e. The zero-order valence-electron chi connectivity index (χ0n) is 8.28. The van der Waals surface area contributed by atoms with Gasteiger partial charge in [0, 0.05) is 4.90 Å². The quantitative estimate of drug-likeness (QED) is 0.552. The molecule has 1 aromatic carbocycles. The van der Waals surface area contributed by atoms with Crippen LogP contribution in [0.25, 0.3) is 0 Å². The molecular weight excluding hydrogens is 228 g/mol. The first-order valence-corrected chi connectivity index (χ1v) is 5.24. The summed E-state index contributed by atoms with van der Waals surface area (Å²) in [6.45, 7) is 3.13. The Bertz CT molecular complexity index is 357. The summed E-state index contributed by atoms with van der Waals surface area (Å²) in [5.41, 5.74) is 0.901. The van der Waals surface area contributed by atoms with E-state index in [9.17, 15) is 17.6 Å².